The van der Waals surface area contributed by atoms with Crippen LogP contribution in [0.5, 0.6) is 0 Å². The van der Waals surface area contributed by atoms with Gasteiger partial charge in [-0.05, 0) is 24.3 Å². The van der Waals surface area contributed by atoms with E-state index in [0.29, 0.717) is 12.1 Å². The van der Waals surface area contributed by atoms with E-state index in [9.17, 15) is 0 Å². The van der Waals surface area contributed by atoms with E-state index in [1.165, 1.54) is 4.88 Å². The number of morpholine rings is 1. The first-order chi connectivity index (χ1) is 11.9. The third kappa shape index (κ3) is 4.92. The molecule has 0 aromatic carbocycles. The van der Waals surface area contributed by atoms with Gasteiger partial charge in [-0.15, -0.1) is 11.3 Å². The molecule has 0 bridgehead atoms. The Bertz CT molecular complexity index is 497. The first-order valence-electron chi connectivity index (χ1n) is 8.78. The van der Waals surface area contributed by atoms with Gasteiger partial charge in [0.15, 0.2) is 5.96 Å². The Balaban J connectivity index is 1.53. The van der Waals surface area contributed by atoms with E-state index in [2.05, 4.69) is 38.0 Å². The van der Waals surface area contributed by atoms with Gasteiger partial charge in [-0.3, -0.25) is 9.89 Å². The number of nitrogens with one attached hydrogen (secondary N) is 2. The molecule has 2 atom stereocenters. The fourth-order valence-electron chi connectivity index (χ4n) is 3.21. The predicted molar refractivity (Wildman–Crippen MR) is 97.8 cm³/mol. The molecule has 2 fully saturated rings. The molecule has 1 aromatic rings. The number of thiophene rings is 1. The summed E-state index contributed by atoms with van der Waals surface area (Å²) in [5, 5.41) is 9.02. The van der Waals surface area contributed by atoms with Gasteiger partial charge in [0.25, 0.3) is 0 Å². The molecule has 7 heteroatoms. The third-order valence-electron chi connectivity index (χ3n) is 4.57. The maximum Gasteiger partial charge on any atom is 0.191 e. The molecule has 2 N–H and O–H groups in total. The number of guanidine groups is 1. The highest BCUT2D eigenvalue weighted by Crippen LogP contribution is 2.25. The lowest BCUT2D eigenvalue weighted by Crippen LogP contribution is -2.47. The minimum atomic E-state index is 0.316. The van der Waals surface area contributed by atoms with Gasteiger partial charge in [-0.25, -0.2) is 0 Å². The lowest BCUT2D eigenvalue weighted by Gasteiger charge is -2.34. The van der Waals surface area contributed by atoms with Crippen LogP contribution in [0.1, 0.15) is 23.8 Å². The van der Waals surface area contributed by atoms with Crippen molar-refractivity contribution in [1.29, 1.82) is 0 Å². The average molecular weight is 353 g/mol. The van der Waals surface area contributed by atoms with E-state index in [1.807, 2.05) is 18.4 Å². The summed E-state index contributed by atoms with van der Waals surface area (Å²) in [6.07, 6.45) is 2.61. The molecular weight excluding hydrogens is 324 g/mol. The normalized spacial score (nSPS) is 24.0. The molecule has 2 saturated heterocycles. The second kappa shape index (κ2) is 9.36. The molecule has 6 nitrogen and oxygen atoms in total. The summed E-state index contributed by atoms with van der Waals surface area (Å²) in [5.74, 6) is 0.848. The molecular formula is C17H28N4O2S. The number of hydrogen-bond donors (Lipinski definition) is 2. The Morgan fingerprint density at radius 3 is 2.92 bits per heavy atom. The maximum atomic E-state index is 5.66. The highest BCUT2D eigenvalue weighted by Gasteiger charge is 2.24. The molecule has 3 rings (SSSR count). The Labute approximate surface area is 148 Å². The topological polar surface area (TPSA) is 58.1 Å². The highest BCUT2D eigenvalue weighted by molar-refractivity contribution is 7.10. The third-order valence-corrected chi connectivity index (χ3v) is 5.54. The van der Waals surface area contributed by atoms with Crippen molar-refractivity contribution in [3.05, 3.63) is 22.4 Å². The zero-order chi connectivity index (χ0) is 16.6. The van der Waals surface area contributed by atoms with E-state index >= 15 is 0 Å². The van der Waals surface area contributed by atoms with Gasteiger partial charge in [-0.1, -0.05) is 6.07 Å². The highest BCUT2D eigenvalue weighted by atomic mass is 32.1. The summed E-state index contributed by atoms with van der Waals surface area (Å²) in [6.45, 7) is 6.13. The van der Waals surface area contributed by atoms with Crippen molar-refractivity contribution in [2.24, 2.45) is 4.99 Å². The second-order valence-corrected chi connectivity index (χ2v) is 7.13. The largest absolute Gasteiger partial charge is 0.379 e. The molecule has 0 spiro atoms. The smallest absolute Gasteiger partial charge is 0.191 e. The first-order valence-corrected chi connectivity index (χ1v) is 9.66. The Hall–Kier alpha value is -1.15. The molecule has 0 saturated carbocycles. The van der Waals surface area contributed by atoms with Crippen molar-refractivity contribution in [1.82, 2.24) is 15.5 Å². The van der Waals surface area contributed by atoms with Crippen molar-refractivity contribution in [2.45, 2.75) is 25.0 Å². The number of ether oxygens (including phenoxy) is 2. The van der Waals surface area contributed by atoms with Crippen LogP contribution in [-0.2, 0) is 9.47 Å². The van der Waals surface area contributed by atoms with Crippen molar-refractivity contribution >= 4 is 17.3 Å². The second-order valence-electron chi connectivity index (χ2n) is 6.15. The molecule has 2 aliphatic heterocycles. The van der Waals surface area contributed by atoms with Crippen molar-refractivity contribution in [2.75, 3.05) is 53.0 Å². The Kier molecular flexibility index (Phi) is 6.89. The Morgan fingerprint density at radius 2 is 2.25 bits per heavy atom. The number of rotatable bonds is 6. The van der Waals surface area contributed by atoms with Gasteiger partial charge in [0.2, 0.25) is 0 Å². The summed E-state index contributed by atoms with van der Waals surface area (Å²) >= 11 is 1.81. The monoisotopic (exact) mass is 352 g/mol. The van der Waals surface area contributed by atoms with Crippen molar-refractivity contribution < 1.29 is 9.47 Å². The standard InChI is InChI=1S/C17H28N4O2S/c1-18-17(19-12-14-4-2-8-23-14)20-13-15(16-5-3-11-24-16)21-6-9-22-10-7-21/h3,5,11,14-15H,2,4,6-10,12-13H2,1H3,(H2,18,19,20). The van der Waals surface area contributed by atoms with E-state index in [4.69, 9.17) is 9.47 Å². The van der Waals surface area contributed by atoms with Crippen molar-refractivity contribution in [3.8, 4) is 0 Å². The summed E-state index contributed by atoms with van der Waals surface area (Å²) in [5.41, 5.74) is 0. The Morgan fingerprint density at radius 1 is 1.38 bits per heavy atom. The zero-order valence-electron chi connectivity index (χ0n) is 14.4. The number of nitrogens with zero attached hydrogens (tertiary/aromatic N) is 2. The van der Waals surface area contributed by atoms with Crippen LogP contribution < -0.4 is 10.6 Å². The lowest BCUT2D eigenvalue weighted by molar-refractivity contribution is 0.0177. The van der Waals surface area contributed by atoms with Crippen LogP contribution in [0.2, 0.25) is 0 Å². The molecule has 2 aliphatic rings. The van der Waals surface area contributed by atoms with Gasteiger partial charge < -0.3 is 20.1 Å². The summed E-state index contributed by atoms with van der Waals surface area (Å²) in [7, 11) is 1.82. The van der Waals surface area contributed by atoms with Gasteiger partial charge >= 0.3 is 0 Å². The molecule has 1 aromatic heterocycles. The minimum absolute atomic E-state index is 0.316. The van der Waals surface area contributed by atoms with Gasteiger partial charge in [0.1, 0.15) is 0 Å². The first kappa shape index (κ1) is 17.7. The molecule has 2 unspecified atom stereocenters. The maximum absolute atomic E-state index is 5.66. The molecule has 0 aliphatic carbocycles. The van der Waals surface area contributed by atoms with E-state index in [0.717, 1.165) is 64.8 Å². The average Bonchev–Trinajstić information content (AvgIpc) is 3.32. The van der Waals surface area contributed by atoms with Crippen LogP contribution in [0.4, 0.5) is 0 Å². The fraction of sp³-hybridized carbons (Fsp3) is 0.706. The minimum Gasteiger partial charge on any atom is -0.379 e. The van der Waals surface area contributed by atoms with Crippen LogP contribution in [0.25, 0.3) is 0 Å². The number of aliphatic imine (C=N–C) groups is 1. The summed E-state index contributed by atoms with van der Waals surface area (Å²) < 4.78 is 11.2. The molecule has 24 heavy (non-hydrogen) atoms. The van der Waals surface area contributed by atoms with Crippen LogP contribution in [0.15, 0.2) is 22.5 Å². The van der Waals surface area contributed by atoms with Gasteiger partial charge in [0.05, 0.1) is 25.4 Å². The van der Waals surface area contributed by atoms with Crippen LogP contribution in [-0.4, -0.2) is 70.0 Å². The van der Waals surface area contributed by atoms with Crippen LogP contribution in [0, 0.1) is 0 Å². The van der Waals surface area contributed by atoms with Crippen LogP contribution >= 0.6 is 11.3 Å². The van der Waals surface area contributed by atoms with E-state index in [1.54, 1.807) is 0 Å². The quantitative estimate of drug-likeness (QED) is 0.600. The van der Waals surface area contributed by atoms with Gasteiger partial charge in [-0.2, -0.15) is 0 Å². The summed E-state index contributed by atoms with van der Waals surface area (Å²) in [6, 6.07) is 4.70. The van der Waals surface area contributed by atoms with Crippen LogP contribution in [0.3, 0.4) is 0 Å². The fourth-order valence-corrected chi connectivity index (χ4v) is 4.07. The van der Waals surface area contributed by atoms with E-state index < -0.39 is 0 Å². The molecule has 3 heterocycles. The summed E-state index contributed by atoms with van der Waals surface area (Å²) in [4.78, 5) is 8.23. The molecule has 0 amide bonds. The lowest BCUT2D eigenvalue weighted by atomic mass is 10.2. The number of hydrogen-bond acceptors (Lipinski definition) is 5. The van der Waals surface area contributed by atoms with Crippen molar-refractivity contribution in [3.63, 3.8) is 0 Å². The van der Waals surface area contributed by atoms with E-state index in [-0.39, 0.29) is 0 Å². The van der Waals surface area contributed by atoms with Gasteiger partial charge in [0, 0.05) is 44.7 Å². The molecule has 0 radical (unpaired) electrons. The predicted octanol–water partition coefficient (Wildman–Crippen LogP) is 1.47. The SMILES string of the molecule is CN=C(NCC1CCCO1)NCC(c1cccs1)N1CCOCC1. The molecule has 134 valence electrons. The zero-order valence-corrected chi connectivity index (χ0v) is 15.2.